The summed E-state index contributed by atoms with van der Waals surface area (Å²) in [6.07, 6.45) is 2.30. The molecule has 0 unspecified atom stereocenters. The van der Waals surface area contributed by atoms with Crippen molar-refractivity contribution in [2.24, 2.45) is 0 Å². The van der Waals surface area contributed by atoms with Crippen LogP contribution in [0.1, 0.15) is 16.8 Å². The molecule has 70 valence electrons. The number of ketones is 1. The second-order valence-corrected chi connectivity index (χ2v) is 3.81. The van der Waals surface area contributed by atoms with Gasteiger partial charge in [0.1, 0.15) is 5.52 Å². The van der Waals surface area contributed by atoms with E-state index in [0.717, 1.165) is 16.6 Å². The van der Waals surface area contributed by atoms with E-state index in [2.05, 4.69) is 4.98 Å². The van der Waals surface area contributed by atoms with Crippen LogP contribution in [0.2, 0.25) is 5.02 Å². The lowest BCUT2D eigenvalue weighted by Gasteiger charge is -2.13. The highest BCUT2D eigenvalue weighted by Gasteiger charge is 2.20. The molecule has 14 heavy (non-hydrogen) atoms. The topological polar surface area (TPSA) is 34.9 Å². The summed E-state index contributed by atoms with van der Waals surface area (Å²) in [4.78, 5) is 15.8. The fourth-order valence-electron chi connectivity index (χ4n) is 1.90. The average molecular weight is 207 g/mol. The van der Waals surface area contributed by atoms with Crippen LogP contribution in [0.5, 0.6) is 0 Å². The third kappa shape index (κ3) is 0.876. The standard InChI is InChI=1S/C10H7ClN2O/c11-7-2-1-6-8(14)3-4-13-5-12-9(7)10(6)13/h1-2,5H,3-4H2. The number of nitrogens with zero attached hydrogens (tertiary/aromatic N) is 2. The molecule has 1 aliphatic rings. The summed E-state index contributed by atoms with van der Waals surface area (Å²) in [5, 5.41) is 0.609. The van der Waals surface area contributed by atoms with Gasteiger partial charge in [0.05, 0.1) is 16.9 Å². The van der Waals surface area contributed by atoms with Crippen LogP contribution in [0.15, 0.2) is 18.5 Å². The van der Waals surface area contributed by atoms with Crippen molar-refractivity contribution in [2.75, 3.05) is 0 Å². The Labute approximate surface area is 85.3 Å². The van der Waals surface area contributed by atoms with Crippen molar-refractivity contribution >= 4 is 28.4 Å². The number of halogens is 1. The monoisotopic (exact) mass is 206 g/mol. The lowest BCUT2D eigenvalue weighted by Crippen LogP contribution is -2.13. The molecule has 0 radical (unpaired) electrons. The normalized spacial score (nSPS) is 15.1. The summed E-state index contributed by atoms with van der Waals surface area (Å²) in [7, 11) is 0. The fraction of sp³-hybridized carbons (Fsp3) is 0.200. The first-order valence-corrected chi connectivity index (χ1v) is 4.82. The molecule has 0 N–H and O–H groups in total. The second-order valence-electron chi connectivity index (χ2n) is 3.40. The van der Waals surface area contributed by atoms with Gasteiger partial charge in [0.2, 0.25) is 0 Å². The summed E-state index contributed by atoms with van der Waals surface area (Å²) in [5.74, 6) is 0.180. The SMILES string of the molecule is O=C1CCn2cnc3c(Cl)ccc1c32. The molecule has 1 aromatic heterocycles. The van der Waals surface area contributed by atoms with E-state index in [1.807, 2.05) is 4.57 Å². The molecule has 0 aliphatic carbocycles. The molecule has 0 bridgehead atoms. The molecule has 3 nitrogen and oxygen atoms in total. The van der Waals surface area contributed by atoms with E-state index in [4.69, 9.17) is 11.6 Å². The van der Waals surface area contributed by atoms with Gasteiger partial charge in [0.25, 0.3) is 0 Å². The van der Waals surface area contributed by atoms with E-state index in [1.54, 1.807) is 18.5 Å². The summed E-state index contributed by atoms with van der Waals surface area (Å²) in [5.41, 5.74) is 2.36. The maximum atomic E-state index is 11.6. The summed E-state index contributed by atoms with van der Waals surface area (Å²) in [6.45, 7) is 0.711. The Kier molecular flexibility index (Phi) is 1.47. The quantitative estimate of drug-likeness (QED) is 0.663. The van der Waals surface area contributed by atoms with Gasteiger partial charge in [-0.2, -0.15) is 0 Å². The van der Waals surface area contributed by atoms with Crippen LogP contribution < -0.4 is 0 Å². The van der Waals surface area contributed by atoms with Gasteiger partial charge in [-0.25, -0.2) is 4.98 Å². The highest BCUT2D eigenvalue weighted by molar-refractivity contribution is 6.35. The van der Waals surface area contributed by atoms with Crippen molar-refractivity contribution in [3.8, 4) is 0 Å². The predicted octanol–water partition coefficient (Wildman–Crippen LogP) is 2.28. The van der Waals surface area contributed by atoms with Crippen LogP contribution in [-0.4, -0.2) is 15.3 Å². The zero-order chi connectivity index (χ0) is 9.71. The third-order valence-electron chi connectivity index (χ3n) is 2.60. The van der Waals surface area contributed by atoms with Crippen molar-refractivity contribution in [1.29, 1.82) is 0 Å². The molecule has 2 heterocycles. The number of aryl methyl sites for hydroxylation is 1. The number of imidazole rings is 1. The molecule has 0 amide bonds. The van der Waals surface area contributed by atoms with Crippen LogP contribution in [0, 0.1) is 0 Å². The zero-order valence-electron chi connectivity index (χ0n) is 7.33. The molecule has 0 saturated carbocycles. The molecule has 0 atom stereocenters. The van der Waals surface area contributed by atoms with Gasteiger partial charge in [0, 0.05) is 18.5 Å². The van der Waals surface area contributed by atoms with Gasteiger partial charge in [0.15, 0.2) is 5.78 Å². The molecular formula is C10H7ClN2O. The van der Waals surface area contributed by atoms with Gasteiger partial charge in [-0.3, -0.25) is 4.79 Å². The Morgan fingerprint density at radius 3 is 3.14 bits per heavy atom. The number of benzene rings is 1. The van der Waals surface area contributed by atoms with Gasteiger partial charge in [-0.15, -0.1) is 0 Å². The van der Waals surface area contributed by atoms with Gasteiger partial charge >= 0.3 is 0 Å². The van der Waals surface area contributed by atoms with Crippen LogP contribution in [0.3, 0.4) is 0 Å². The summed E-state index contributed by atoms with van der Waals surface area (Å²) >= 11 is 5.98. The Morgan fingerprint density at radius 2 is 2.29 bits per heavy atom. The predicted molar refractivity (Wildman–Crippen MR) is 53.7 cm³/mol. The van der Waals surface area contributed by atoms with Crippen molar-refractivity contribution in [3.05, 3.63) is 29.0 Å². The van der Waals surface area contributed by atoms with E-state index in [-0.39, 0.29) is 5.78 Å². The highest BCUT2D eigenvalue weighted by atomic mass is 35.5. The minimum Gasteiger partial charge on any atom is -0.329 e. The highest BCUT2D eigenvalue weighted by Crippen LogP contribution is 2.29. The van der Waals surface area contributed by atoms with E-state index in [0.29, 0.717) is 18.0 Å². The first kappa shape index (κ1) is 8.00. The van der Waals surface area contributed by atoms with E-state index in [9.17, 15) is 4.79 Å². The molecule has 0 saturated heterocycles. The number of carbonyl (C=O) groups excluding carboxylic acids is 1. The Morgan fingerprint density at radius 1 is 1.43 bits per heavy atom. The first-order chi connectivity index (χ1) is 6.77. The first-order valence-electron chi connectivity index (χ1n) is 4.44. The van der Waals surface area contributed by atoms with E-state index in [1.165, 1.54) is 0 Å². The molecule has 3 rings (SSSR count). The molecule has 0 spiro atoms. The summed E-state index contributed by atoms with van der Waals surface area (Å²) < 4.78 is 1.98. The van der Waals surface area contributed by atoms with Crippen LogP contribution in [0.4, 0.5) is 0 Å². The van der Waals surface area contributed by atoms with Gasteiger partial charge < -0.3 is 4.57 Å². The number of rotatable bonds is 0. The molecule has 0 fully saturated rings. The Bertz CT molecular complexity index is 544. The van der Waals surface area contributed by atoms with E-state index < -0.39 is 0 Å². The summed E-state index contributed by atoms with van der Waals surface area (Å²) in [6, 6.07) is 3.52. The lowest BCUT2D eigenvalue weighted by atomic mass is 10.0. The fourth-order valence-corrected chi connectivity index (χ4v) is 2.11. The van der Waals surface area contributed by atoms with Crippen molar-refractivity contribution in [2.45, 2.75) is 13.0 Å². The Balaban J connectivity index is 2.52. The smallest absolute Gasteiger partial charge is 0.166 e. The molecular weight excluding hydrogens is 200 g/mol. The molecule has 1 aromatic carbocycles. The zero-order valence-corrected chi connectivity index (χ0v) is 8.08. The van der Waals surface area contributed by atoms with Crippen molar-refractivity contribution in [3.63, 3.8) is 0 Å². The molecule has 2 aromatic rings. The van der Waals surface area contributed by atoms with Gasteiger partial charge in [-0.1, -0.05) is 11.6 Å². The maximum Gasteiger partial charge on any atom is 0.166 e. The number of hydrogen-bond acceptors (Lipinski definition) is 2. The van der Waals surface area contributed by atoms with Gasteiger partial charge in [-0.05, 0) is 12.1 Å². The number of carbonyl (C=O) groups is 1. The lowest BCUT2D eigenvalue weighted by molar-refractivity contribution is 0.0973. The van der Waals surface area contributed by atoms with Crippen LogP contribution >= 0.6 is 11.6 Å². The molecule has 1 aliphatic heterocycles. The minimum absolute atomic E-state index is 0.180. The number of hydrogen-bond donors (Lipinski definition) is 0. The third-order valence-corrected chi connectivity index (χ3v) is 2.90. The Hall–Kier alpha value is -1.35. The van der Waals surface area contributed by atoms with Crippen molar-refractivity contribution < 1.29 is 4.79 Å². The minimum atomic E-state index is 0.180. The number of Topliss-reactive ketones (excluding diaryl/α,β-unsaturated/α-hetero) is 1. The average Bonchev–Trinajstić information content (AvgIpc) is 2.60. The van der Waals surface area contributed by atoms with Crippen LogP contribution in [0.25, 0.3) is 11.0 Å². The van der Waals surface area contributed by atoms with E-state index >= 15 is 0 Å². The van der Waals surface area contributed by atoms with Crippen molar-refractivity contribution in [1.82, 2.24) is 9.55 Å². The van der Waals surface area contributed by atoms with Crippen LogP contribution in [-0.2, 0) is 6.54 Å². The maximum absolute atomic E-state index is 11.6. The largest absolute Gasteiger partial charge is 0.329 e. The molecule has 4 heteroatoms. The second kappa shape index (κ2) is 2.58. The number of aromatic nitrogens is 2.